The Morgan fingerprint density at radius 2 is 2.26 bits per heavy atom. The van der Waals surface area contributed by atoms with Gasteiger partial charge in [-0.15, -0.1) is 0 Å². The molecule has 1 heterocycles. The van der Waals surface area contributed by atoms with Crippen LogP contribution in [0.4, 0.5) is 5.95 Å². The van der Waals surface area contributed by atoms with Crippen molar-refractivity contribution in [2.45, 2.75) is 26.8 Å². The van der Waals surface area contributed by atoms with Gasteiger partial charge in [0.25, 0.3) is 5.91 Å². The van der Waals surface area contributed by atoms with Gasteiger partial charge in [0.15, 0.2) is 0 Å². The quantitative estimate of drug-likeness (QED) is 0.932. The Labute approximate surface area is 115 Å². The SMILES string of the molecule is CCCn1nnnc1NC(=O)c1ccc(C)c(Cl)c1. The molecule has 2 rings (SSSR count). The first kappa shape index (κ1) is 13.5. The van der Waals surface area contributed by atoms with E-state index in [1.54, 1.807) is 22.9 Å². The van der Waals surface area contributed by atoms with Crippen molar-refractivity contribution in [2.75, 3.05) is 5.32 Å². The number of tetrazole rings is 1. The molecule has 0 atom stereocenters. The van der Waals surface area contributed by atoms with Gasteiger partial charge < -0.3 is 0 Å². The standard InChI is InChI=1S/C12H14ClN5O/c1-3-6-18-12(15-16-17-18)14-11(19)9-5-4-8(2)10(13)7-9/h4-5,7H,3,6H2,1-2H3,(H,14,15,17,19). The van der Waals surface area contributed by atoms with Crippen LogP contribution in [-0.2, 0) is 6.54 Å². The van der Waals surface area contributed by atoms with E-state index >= 15 is 0 Å². The first-order valence-electron chi connectivity index (χ1n) is 5.95. The molecule has 0 aliphatic carbocycles. The van der Waals surface area contributed by atoms with E-state index < -0.39 is 0 Å². The average Bonchev–Trinajstić information content (AvgIpc) is 2.80. The van der Waals surface area contributed by atoms with Gasteiger partial charge in [0.2, 0.25) is 5.95 Å². The summed E-state index contributed by atoms with van der Waals surface area (Å²) in [6.07, 6.45) is 0.879. The number of nitrogens with zero attached hydrogens (tertiary/aromatic N) is 4. The first-order chi connectivity index (χ1) is 9.11. The van der Waals surface area contributed by atoms with Crippen LogP contribution in [0.15, 0.2) is 18.2 Å². The van der Waals surface area contributed by atoms with Gasteiger partial charge in [-0.05, 0) is 41.5 Å². The molecule has 0 saturated heterocycles. The third-order valence-corrected chi connectivity index (χ3v) is 3.03. The maximum atomic E-state index is 12.1. The van der Waals surface area contributed by atoms with Gasteiger partial charge in [-0.3, -0.25) is 10.1 Å². The largest absolute Gasteiger partial charge is 0.289 e. The predicted molar refractivity (Wildman–Crippen MR) is 72.3 cm³/mol. The number of amides is 1. The number of carbonyl (C=O) groups is 1. The molecule has 6 nitrogen and oxygen atoms in total. The number of halogens is 1. The van der Waals surface area contributed by atoms with Crippen molar-refractivity contribution in [3.8, 4) is 0 Å². The van der Waals surface area contributed by atoms with Crippen molar-refractivity contribution in [3.05, 3.63) is 34.3 Å². The van der Waals surface area contributed by atoms with Crippen LogP contribution >= 0.6 is 11.6 Å². The number of aryl methyl sites for hydroxylation is 2. The third-order valence-electron chi connectivity index (χ3n) is 2.63. The molecule has 0 saturated carbocycles. The van der Waals surface area contributed by atoms with Crippen LogP contribution in [-0.4, -0.2) is 26.1 Å². The highest BCUT2D eigenvalue weighted by Crippen LogP contribution is 2.17. The molecule has 19 heavy (non-hydrogen) atoms. The van der Waals surface area contributed by atoms with Gasteiger partial charge in [-0.25, -0.2) is 4.68 Å². The van der Waals surface area contributed by atoms with Crippen LogP contribution in [0.1, 0.15) is 29.3 Å². The average molecular weight is 280 g/mol. The predicted octanol–water partition coefficient (Wildman–Crippen LogP) is 2.30. The molecule has 1 amide bonds. The molecular formula is C12H14ClN5O. The Kier molecular flexibility index (Phi) is 4.11. The summed E-state index contributed by atoms with van der Waals surface area (Å²) >= 11 is 6.00. The molecule has 100 valence electrons. The summed E-state index contributed by atoms with van der Waals surface area (Å²) in [5.74, 6) is 0.0533. The molecule has 1 N–H and O–H groups in total. The Bertz CT molecular complexity index is 596. The smallest absolute Gasteiger partial charge is 0.258 e. The minimum absolute atomic E-state index is 0.283. The molecule has 0 aliphatic rings. The highest BCUT2D eigenvalue weighted by molar-refractivity contribution is 6.31. The third kappa shape index (κ3) is 3.08. The van der Waals surface area contributed by atoms with Crippen LogP contribution in [0.3, 0.4) is 0 Å². The lowest BCUT2D eigenvalue weighted by atomic mass is 10.1. The summed E-state index contributed by atoms with van der Waals surface area (Å²) in [7, 11) is 0. The van der Waals surface area contributed by atoms with Crippen molar-refractivity contribution >= 4 is 23.5 Å². The van der Waals surface area contributed by atoms with Gasteiger partial charge in [0.1, 0.15) is 0 Å². The first-order valence-corrected chi connectivity index (χ1v) is 6.33. The van der Waals surface area contributed by atoms with Gasteiger partial charge in [-0.2, -0.15) is 0 Å². The van der Waals surface area contributed by atoms with Crippen LogP contribution in [0, 0.1) is 6.92 Å². The van der Waals surface area contributed by atoms with E-state index in [0.29, 0.717) is 23.1 Å². The summed E-state index contributed by atoms with van der Waals surface area (Å²) in [6, 6.07) is 5.14. The molecule has 1 aromatic heterocycles. The molecule has 0 radical (unpaired) electrons. The van der Waals surface area contributed by atoms with Crippen LogP contribution in [0.25, 0.3) is 0 Å². The molecule has 7 heteroatoms. The summed E-state index contributed by atoms with van der Waals surface area (Å²) in [5.41, 5.74) is 1.40. The molecule has 0 aliphatic heterocycles. The van der Waals surface area contributed by atoms with E-state index in [9.17, 15) is 4.79 Å². The number of hydrogen-bond donors (Lipinski definition) is 1. The van der Waals surface area contributed by atoms with E-state index in [0.717, 1.165) is 12.0 Å². The molecule has 0 spiro atoms. The maximum absolute atomic E-state index is 12.1. The molecule has 0 unspecified atom stereocenters. The van der Waals surface area contributed by atoms with Crippen LogP contribution < -0.4 is 5.32 Å². The van der Waals surface area contributed by atoms with Crippen molar-refractivity contribution in [1.29, 1.82) is 0 Å². The zero-order chi connectivity index (χ0) is 13.8. The van der Waals surface area contributed by atoms with Crippen molar-refractivity contribution in [2.24, 2.45) is 0 Å². The second kappa shape index (κ2) is 5.79. The lowest BCUT2D eigenvalue weighted by Gasteiger charge is -2.06. The van der Waals surface area contributed by atoms with Crippen LogP contribution in [0.5, 0.6) is 0 Å². The fourth-order valence-electron chi connectivity index (χ4n) is 1.56. The Morgan fingerprint density at radius 3 is 2.95 bits per heavy atom. The topological polar surface area (TPSA) is 72.7 Å². The fourth-order valence-corrected chi connectivity index (χ4v) is 1.74. The molecule has 2 aromatic rings. The summed E-state index contributed by atoms with van der Waals surface area (Å²) in [4.78, 5) is 12.1. The summed E-state index contributed by atoms with van der Waals surface area (Å²) in [6.45, 7) is 4.54. The Morgan fingerprint density at radius 1 is 1.47 bits per heavy atom. The fraction of sp³-hybridized carbons (Fsp3) is 0.333. The molecular weight excluding hydrogens is 266 g/mol. The van der Waals surface area contributed by atoms with Crippen molar-refractivity contribution in [1.82, 2.24) is 20.2 Å². The normalized spacial score (nSPS) is 10.5. The monoisotopic (exact) mass is 279 g/mol. The number of nitrogens with one attached hydrogen (secondary N) is 1. The second-order valence-electron chi connectivity index (χ2n) is 4.14. The van der Waals surface area contributed by atoms with Gasteiger partial charge >= 0.3 is 0 Å². The summed E-state index contributed by atoms with van der Waals surface area (Å²) < 4.78 is 1.55. The Balaban J connectivity index is 2.16. The highest BCUT2D eigenvalue weighted by Gasteiger charge is 2.12. The molecule has 0 fully saturated rings. The minimum atomic E-state index is -0.283. The number of hydrogen-bond acceptors (Lipinski definition) is 4. The summed E-state index contributed by atoms with van der Waals surface area (Å²) in [5, 5.41) is 14.3. The van der Waals surface area contributed by atoms with E-state index in [4.69, 9.17) is 11.6 Å². The molecule has 1 aromatic carbocycles. The van der Waals surface area contributed by atoms with E-state index in [1.165, 1.54) is 0 Å². The van der Waals surface area contributed by atoms with Crippen molar-refractivity contribution < 1.29 is 4.79 Å². The number of benzene rings is 1. The number of rotatable bonds is 4. The Hall–Kier alpha value is -1.95. The lowest BCUT2D eigenvalue weighted by molar-refractivity contribution is 0.102. The number of carbonyl (C=O) groups excluding carboxylic acids is 1. The zero-order valence-corrected chi connectivity index (χ0v) is 11.5. The number of aromatic nitrogens is 4. The molecule has 0 bridgehead atoms. The highest BCUT2D eigenvalue weighted by atomic mass is 35.5. The van der Waals surface area contributed by atoms with E-state index in [2.05, 4.69) is 20.8 Å². The van der Waals surface area contributed by atoms with Gasteiger partial charge in [0.05, 0.1) is 0 Å². The van der Waals surface area contributed by atoms with E-state index in [-0.39, 0.29) is 5.91 Å². The van der Waals surface area contributed by atoms with Crippen LogP contribution in [0.2, 0.25) is 5.02 Å². The second-order valence-corrected chi connectivity index (χ2v) is 4.55. The maximum Gasteiger partial charge on any atom is 0.258 e. The van der Waals surface area contributed by atoms with E-state index in [1.807, 2.05) is 13.8 Å². The van der Waals surface area contributed by atoms with Gasteiger partial charge in [0, 0.05) is 17.1 Å². The minimum Gasteiger partial charge on any atom is -0.289 e. The van der Waals surface area contributed by atoms with Gasteiger partial charge in [-0.1, -0.05) is 29.7 Å². The number of anilines is 1. The van der Waals surface area contributed by atoms with Crippen molar-refractivity contribution in [3.63, 3.8) is 0 Å². The lowest BCUT2D eigenvalue weighted by Crippen LogP contribution is -2.16. The zero-order valence-electron chi connectivity index (χ0n) is 10.7.